The van der Waals surface area contributed by atoms with Crippen LogP contribution < -0.4 is 10.1 Å². The van der Waals surface area contributed by atoms with Crippen molar-refractivity contribution in [2.75, 3.05) is 11.9 Å². The van der Waals surface area contributed by atoms with Crippen molar-refractivity contribution in [3.63, 3.8) is 0 Å². The van der Waals surface area contributed by atoms with Crippen molar-refractivity contribution in [1.82, 2.24) is 0 Å². The molecule has 0 bridgehead atoms. The van der Waals surface area contributed by atoms with E-state index >= 15 is 0 Å². The van der Waals surface area contributed by atoms with Gasteiger partial charge in [-0.15, -0.1) is 0 Å². The minimum Gasteiger partial charge on any atom is -0.484 e. The van der Waals surface area contributed by atoms with E-state index in [1.54, 1.807) is 0 Å². The number of anilines is 1. The van der Waals surface area contributed by atoms with Crippen LogP contribution in [0.25, 0.3) is 11.1 Å². The van der Waals surface area contributed by atoms with Gasteiger partial charge in [-0.2, -0.15) is 0 Å². The second-order valence-electron chi connectivity index (χ2n) is 7.55. The number of hydrogen-bond donors (Lipinski definition) is 1. The van der Waals surface area contributed by atoms with Gasteiger partial charge in [0, 0.05) is 5.69 Å². The molecule has 0 radical (unpaired) electrons. The molecule has 0 saturated heterocycles. The Morgan fingerprint density at radius 2 is 1.41 bits per heavy atom. The van der Waals surface area contributed by atoms with Crippen molar-refractivity contribution in [2.45, 2.75) is 26.2 Å². The van der Waals surface area contributed by atoms with Gasteiger partial charge in [0.1, 0.15) is 5.75 Å². The van der Waals surface area contributed by atoms with Crippen molar-refractivity contribution >= 4 is 11.6 Å². The third-order valence-corrected chi connectivity index (χ3v) is 4.37. The number of benzene rings is 3. The molecule has 0 fully saturated rings. The summed E-state index contributed by atoms with van der Waals surface area (Å²) in [5, 5.41) is 2.86. The molecule has 0 saturated carbocycles. The first-order chi connectivity index (χ1) is 12.9. The summed E-state index contributed by atoms with van der Waals surface area (Å²) in [5.41, 5.74) is 4.35. The molecule has 0 aliphatic heterocycles. The second kappa shape index (κ2) is 8.09. The predicted octanol–water partition coefficient (Wildman–Crippen LogP) is 5.67. The Hall–Kier alpha value is -3.07. The molecule has 3 aromatic carbocycles. The van der Waals surface area contributed by atoms with E-state index in [0.29, 0.717) is 5.75 Å². The Kier molecular flexibility index (Phi) is 5.60. The highest BCUT2D eigenvalue weighted by Crippen LogP contribution is 2.24. The predicted molar refractivity (Wildman–Crippen MR) is 111 cm³/mol. The SMILES string of the molecule is CC(C)(C)c1ccc(OCC(=O)Nc2ccc(-c3ccccc3)cc2)cc1. The van der Waals surface area contributed by atoms with Crippen LogP contribution in [0.5, 0.6) is 5.75 Å². The first-order valence-corrected chi connectivity index (χ1v) is 9.10. The van der Waals surface area contributed by atoms with E-state index in [0.717, 1.165) is 16.8 Å². The summed E-state index contributed by atoms with van der Waals surface area (Å²) >= 11 is 0. The normalized spacial score (nSPS) is 11.1. The van der Waals surface area contributed by atoms with E-state index in [1.807, 2.05) is 66.7 Å². The van der Waals surface area contributed by atoms with Gasteiger partial charge in [-0.25, -0.2) is 0 Å². The lowest BCUT2D eigenvalue weighted by Crippen LogP contribution is -2.20. The van der Waals surface area contributed by atoms with Crippen LogP contribution in [0.4, 0.5) is 5.69 Å². The smallest absolute Gasteiger partial charge is 0.262 e. The summed E-state index contributed by atoms with van der Waals surface area (Å²) in [4.78, 5) is 12.1. The first kappa shape index (κ1) is 18.7. The Morgan fingerprint density at radius 1 is 0.815 bits per heavy atom. The van der Waals surface area contributed by atoms with Crippen LogP contribution in [-0.2, 0) is 10.2 Å². The lowest BCUT2D eigenvalue weighted by Gasteiger charge is -2.19. The molecule has 3 nitrogen and oxygen atoms in total. The van der Waals surface area contributed by atoms with Crippen molar-refractivity contribution in [3.8, 4) is 16.9 Å². The quantitative estimate of drug-likeness (QED) is 0.637. The van der Waals surface area contributed by atoms with E-state index in [-0.39, 0.29) is 17.9 Å². The van der Waals surface area contributed by atoms with E-state index in [4.69, 9.17) is 4.74 Å². The zero-order valence-electron chi connectivity index (χ0n) is 16.0. The van der Waals surface area contributed by atoms with E-state index < -0.39 is 0 Å². The highest BCUT2D eigenvalue weighted by Gasteiger charge is 2.13. The number of nitrogens with one attached hydrogen (secondary N) is 1. The number of amides is 1. The molecule has 138 valence electrons. The van der Waals surface area contributed by atoms with Crippen LogP contribution in [-0.4, -0.2) is 12.5 Å². The van der Waals surface area contributed by atoms with Crippen LogP contribution in [0.15, 0.2) is 78.9 Å². The maximum Gasteiger partial charge on any atom is 0.262 e. The molecule has 3 rings (SSSR count). The Labute approximate surface area is 161 Å². The molecule has 0 heterocycles. The molecule has 1 amide bonds. The van der Waals surface area contributed by atoms with Crippen LogP contribution in [0.1, 0.15) is 26.3 Å². The lowest BCUT2D eigenvalue weighted by atomic mass is 9.87. The van der Waals surface area contributed by atoms with Gasteiger partial charge in [-0.1, -0.05) is 75.4 Å². The van der Waals surface area contributed by atoms with E-state index in [1.165, 1.54) is 5.56 Å². The van der Waals surface area contributed by atoms with Crippen LogP contribution >= 0.6 is 0 Å². The molecule has 1 N–H and O–H groups in total. The zero-order chi connectivity index (χ0) is 19.3. The van der Waals surface area contributed by atoms with Gasteiger partial charge >= 0.3 is 0 Å². The summed E-state index contributed by atoms with van der Waals surface area (Å²) in [5.74, 6) is 0.514. The number of ether oxygens (including phenoxy) is 1. The summed E-state index contributed by atoms with van der Waals surface area (Å²) in [6.45, 7) is 6.48. The van der Waals surface area contributed by atoms with E-state index in [9.17, 15) is 4.79 Å². The minimum absolute atomic E-state index is 0.0186. The lowest BCUT2D eigenvalue weighted by molar-refractivity contribution is -0.118. The largest absolute Gasteiger partial charge is 0.484 e. The molecular formula is C24H25NO2. The van der Waals surface area contributed by atoms with Crippen molar-refractivity contribution in [1.29, 1.82) is 0 Å². The fourth-order valence-electron chi connectivity index (χ4n) is 2.77. The van der Waals surface area contributed by atoms with Crippen molar-refractivity contribution in [3.05, 3.63) is 84.4 Å². The standard InChI is InChI=1S/C24H25NO2/c1-24(2,3)20-11-15-22(16-12-20)27-17-23(26)25-21-13-9-19(10-14-21)18-7-5-4-6-8-18/h4-16H,17H2,1-3H3,(H,25,26). The van der Waals surface area contributed by atoms with Gasteiger partial charge in [-0.3, -0.25) is 4.79 Å². The maximum absolute atomic E-state index is 12.1. The van der Waals surface area contributed by atoms with Gasteiger partial charge in [-0.05, 0) is 46.4 Å². The van der Waals surface area contributed by atoms with Gasteiger partial charge in [0.2, 0.25) is 0 Å². The highest BCUT2D eigenvalue weighted by atomic mass is 16.5. The fraction of sp³-hybridized carbons (Fsp3) is 0.208. The highest BCUT2D eigenvalue weighted by molar-refractivity contribution is 5.92. The minimum atomic E-state index is -0.178. The van der Waals surface area contributed by atoms with Crippen LogP contribution in [0, 0.1) is 0 Å². The van der Waals surface area contributed by atoms with E-state index in [2.05, 4.69) is 38.2 Å². The Morgan fingerprint density at radius 3 is 2.00 bits per heavy atom. The number of carbonyl (C=O) groups is 1. The molecule has 0 aliphatic rings. The zero-order valence-corrected chi connectivity index (χ0v) is 16.0. The molecule has 0 atom stereocenters. The third-order valence-electron chi connectivity index (χ3n) is 4.37. The molecule has 27 heavy (non-hydrogen) atoms. The van der Waals surface area contributed by atoms with Crippen LogP contribution in [0.3, 0.4) is 0 Å². The fourth-order valence-corrected chi connectivity index (χ4v) is 2.77. The van der Waals surface area contributed by atoms with Crippen molar-refractivity contribution in [2.24, 2.45) is 0 Å². The average Bonchev–Trinajstić information content (AvgIpc) is 2.67. The number of hydrogen-bond acceptors (Lipinski definition) is 2. The maximum atomic E-state index is 12.1. The first-order valence-electron chi connectivity index (χ1n) is 9.10. The number of rotatable bonds is 5. The van der Waals surface area contributed by atoms with Gasteiger partial charge in [0.25, 0.3) is 5.91 Å². The molecule has 0 spiro atoms. The Bertz CT molecular complexity index is 876. The van der Waals surface area contributed by atoms with Crippen molar-refractivity contribution < 1.29 is 9.53 Å². The summed E-state index contributed by atoms with van der Waals surface area (Å²) in [6.07, 6.45) is 0. The topological polar surface area (TPSA) is 38.3 Å². The summed E-state index contributed by atoms with van der Waals surface area (Å²) in [6, 6.07) is 25.8. The van der Waals surface area contributed by atoms with Gasteiger partial charge < -0.3 is 10.1 Å². The van der Waals surface area contributed by atoms with Gasteiger partial charge in [0.05, 0.1) is 0 Å². The monoisotopic (exact) mass is 359 g/mol. The molecule has 3 aromatic rings. The Balaban J connectivity index is 1.53. The molecule has 3 heteroatoms. The van der Waals surface area contributed by atoms with Gasteiger partial charge in [0.15, 0.2) is 6.61 Å². The molecule has 0 aliphatic carbocycles. The number of carbonyl (C=O) groups excluding carboxylic acids is 1. The molecule has 0 unspecified atom stereocenters. The molecule has 0 aromatic heterocycles. The third kappa shape index (κ3) is 5.20. The molecular weight excluding hydrogens is 334 g/mol. The second-order valence-corrected chi connectivity index (χ2v) is 7.55. The average molecular weight is 359 g/mol. The summed E-state index contributed by atoms with van der Waals surface area (Å²) < 4.78 is 5.59. The summed E-state index contributed by atoms with van der Waals surface area (Å²) in [7, 11) is 0. The van der Waals surface area contributed by atoms with Crippen LogP contribution in [0.2, 0.25) is 0 Å².